The predicted octanol–water partition coefficient (Wildman–Crippen LogP) is 5.36. The van der Waals surface area contributed by atoms with E-state index in [0.29, 0.717) is 0 Å². The summed E-state index contributed by atoms with van der Waals surface area (Å²) < 4.78 is 0. The lowest BCUT2D eigenvalue weighted by Gasteiger charge is -2.03. The summed E-state index contributed by atoms with van der Waals surface area (Å²) >= 11 is 7.82. The molecule has 0 saturated carbocycles. The molecule has 2 aromatic carbocycles. The van der Waals surface area contributed by atoms with E-state index in [1.54, 1.807) is 0 Å². The Morgan fingerprint density at radius 1 is 0.857 bits per heavy atom. The molecule has 1 nitrogen and oxygen atoms in total. The van der Waals surface area contributed by atoms with Gasteiger partial charge in [-0.1, -0.05) is 54.1 Å². The number of hydrogen-bond donors (Lipinski definition) is 1. The van der Waals surface area contributed by atoms with Gasteiger partial charge in [0, 0.05) is 27.9 Å². The molecule has 3 aromatic rings. The average molecular weight is 314 g/mol. The van der Waals surface area contributed by atoms with Crippen LogP contribution in [-0.2, 0) is 13.1 Å². The van der Waals surface area contributed by atoms with Crippen LogP contribution in [0.3, 0.4) is 0 Å². The van der Waals surface area contributed by atoms with Gasteiger partial charge in [-0.25, -0.2) is 0 Å². The van der Waals surface area contributed by atoms with Crippen LogP contribution < -0.4 is 5.32 Å². The van der Waals surface area contributed by atoms with Gasteiger partial charge in [-0.2, -0.15) is 0 Å². The van der Waals surface area contributed by atoms with Crippen molar-refractivity contribution in [3.05, 3.63) is 82.2 Å². The van der Waals surface area contributed by atoms with E-state index in [2.05, 4.69) is 47.8 Å². The van der Waals surface area contributed by atoms with E-state index >= 15 is 0 Å². The number of nitrogens with one attached hydrogen (secondary N) is 1. The van der Waals surface area contributed by atoms with Crippen molar-refractivity contribution in [2.45, 2.75) is 13.1 Å². The fraction of sp³-hybridized carbons (Fsp3) is 0.111. The Morgan fingerprint density at radius 3 is 2.52 bits per heavy atom. The highest BCUT2D eigenvalue weighted by molar-refractivity contribution is 7.15. The molecule has 0 amide bonds. The molecule has 106 valence electrons. The largest absolute Gasteiger partial charge is 0.308 e. The molecule has 0 unspecified atom stereocenters. The highest BCUT2D eigenvalue weighted by atomic mass is 35.5. The molecule has 0 aliphatic carbocycles. The number of benzene rings is 2. The fourth-order valence-electron chi connectivity index (χ4n) is 2.21. The topological polar surface area (TPSA) is 12.0 Å². The van der Waals surface area contributed by atoms with E-state index in [9.17, 15) is 0 Å². The average Bonchev–Trinajstić information content (AvgIpc) is 2.97. The first kappa shape index (κ1) is 14.3. The fourth-order valence-corrected chi connectivity index (χ4v) is 3.40. The van der Waals surface area contributed by atoms with E-state index in [0.717, 1.165) is 18.1 Å². The van der Waals surface area contributed by atoms with Gasteiger partial charge in [0.2, 0.25) is 0 Å². The minimum Gasteiger partial charge on any atom is -0.308 e. The van der Waals surface area contributed by atoms with Crippen LogP contribution >= 0.6 is 22.9 Å². The highest BCUT2D eigenvalue weighted by Gasteiger charge is 2.02. The van der Waals surface area contributed by atoms with Crippen molar-refractivity contribution in [3.8, 4) is 10.4 Å². The molecule has 0 atom stereocenters. The molecule has 0 radical (unpaired) electrons. The second kappa shape index (κ2) is 6.90. The first-order valence-electron chi connectivity index (χ1n) is 6.90. The summed E-state index contributed by atoms with van der Waals surface area (Å²) in [6, 6.07) is 22.8. The van der Waals surface area contributed by atoms with E-state index in [1.807, 2.05) is 35.6 Å². The van der Waals surface area contributed by atoms with Crippen molar-refractivity contribution in [1.29, 1.82) is 0 Å². The zero-order valence-corrected chi connectivity index (χ0v) is 13.1. The Balaban J connectivity index is 1.58. The van der Waals surface area contributed by atoms with Crippen LogP contribution in [0.15, 0.2) is 66.7 Å². The van der Waals surface area contributed by atoms with Crippen molar-refractivity contribution < 1.29 is 0 Å². The van der Waals surface area contributed by atoms with Gasteiger partial charge in [-0.15, -0.1) is 11.3 Å². The minimum absolute atomic E-state index is 0.789. The number of hydrogen-bond acceptors (Lipinski definition) is 2. The summed E-state index contributed by atoms with van der Waals surface area (Å²) in [7, 11) is 0. The lowest BCUT2D eigenvalue weighted by Crippen LogP contribution is -2.11. The smallest absolute Gasteiger partial charge is 0.0409 e. The molecular formula is C18H16ClNS. The Hall–Kier alpha value is -1.61. The van der Waals surface area contributed by atoms with Gasteiger partial charge >= 0.3 is 0 Å². The molecule has 0 aliphatic rings. The molecular weight excluding hydrogens is 298 g/mol. The first-order chi connectivity index (χ1) is 10.3. The zero-order valence-electron chi connectivity index (χ0n) is 11.6. The maximum Gasteiger partial charge on any atom is 0.0409 e. The Kier molecular flexibility index (Phi) is 4.71. The number of halogens is 1. The highest BCUT2D eigenvalue weighted by Crippen LogP contribution is 2.27. The quantitative estimate of drug-likeness (QED) is 0.668. The summed E-state index contributed by atoms with van der Waals surface area (Å²) in [5.41, 5.74) is 2.49. The van der Waals surface area contributed by atoms with Crippen molar-refractivity contribution in [2.75, 3.05) is 0 Å². The first-order valence-corrected chi connectivity index (χ1v) is 8.10. The van der Waals surface area contributed by atoms with Crippen molar-refractivity contribution in [2.24, 2.45) is 0 Å². The molecule has 3 heteroatoms. The third kappa shape index (κ3) is 3.94. The molecule has 1 N–H and O–H groups in total. The van der Waals surface area contributed by atoms with E-state index in [4.69, 9.17) is 11.6 Å². The second-order valence-corrected chi connectivity index (χ2v) is 6.47. The summed E-state index contributed by atoms with van der Waals surface area (Å²) in [4.78, 5) is 2.66. The number of thiophene rings is 1. The van der Waals surface area contributed by atoms with Crippen LogP contribution in [0.4, 0.5) is 0 Å². The van der Waals surface area contributed by atoms with Gasteiger partial charge in [0.15, 0.2) is 0 Å². The zero-order chi connectivity index (χ0) is 14.5. The molecule has 0 bridgehead atoms. The SMILES string of the molecule is Clc1cccc(CNCc2ccc(-c3ccccc3)s2)c1. The maximum absolute atomic E-state index is 5.99. The lowest BCUT2D eigenvalue weighted by atomic mass is 10.2. The molecule has 3 rings (SSSR count). The van der Waals surface area contributed by atoms with Crippen LogP contribution in [0.2, 0.25) is 5.02 Å². The molecule has 1 heterocycles. The predicted molar refractivity (Wildman–Crippen MR) is 91.8 cm³/mol. The van der Waals surface area contributed by atoms with Gasteiger partial charge in [-0.3, -0.25) is 0 Å². The molecule has 1 aromatic heterocycles. The standard InChI is InChI=1S/C18H16ClNS/c19-16-8-4-5-14(11-16)12-20-13-17-9-10-18(21-17)15-6-2-1-3-7-15/h1-11,20H,12-13H2. The summed E-state index contributed by atoms with van der Waals surface area (Å²) in [5.74, 6) is 0. The van der Waals surface area contributed by atoms with Crippen LogP contribution in [0.5, 0.6) is 0 Å². The maximum atomic E-state index is 5.99. The third-order valence-electron chi connectivity index (χ3n) is 3.24. The van der Waals surface area contributed by atoms with Crippen LogP contribution in [-0.4, -0.2) is 0 Å². The lowest BCUT2D eigenvalue weighted by molar-refractivity contribution is 0.701. The minimum atomic E-state index is 0.789. The van der Waals surface area contributed by atoms with Gasteiger partial charge in [0.05, 0.1) is 0 Å². The van der Waals surface area contributed by atoms with Crippen LogP contribution in [0.25, 0.3) is 10.4 Å². The number of rotatable bonds is 5. The summed E-state index contributed by atoms with van der Waals surface area (Å²) in [5, 5.41) is 4.25. The van der Waals surface area contributed by atoms with E-state index in [1.165, 1.54) is 20.9 Å². The molecule has 0 fully saturated rings. The second-order valence-electron chi connectivity index (χ2n) is 4.87. The van der Waals surface area contributed by atoms with Crippen LogP contribution in [0.1, 0.15) is 10.4 Å². The van der Waals surface area contributed by atoms with Crippen molar-refractivity contribution in [1.82, 2.24) is 5.32 Å². The van der Waals surface area contributed by atoms with Gasteiger partial charge in [-0.05, 0) is 35.4 Å². The van der Waals surface area contributed by atoms with Gasteiger partial charge in [0.25, 0.3) is 0 Å². The third-order valence-corrected chi connectivity index (χ3v) is 4.61. The summed E-state index contributed by atoms with van der Waals surface area (Å²) in [6.07, 6.45) is 0. The monoisotopic (exact) mass is 313 g/mol. The Bertz CT molecular complexity index is 706. The van der Waals surface area contributed by atoms with Crippen LogP contribution in [0, 0.1) is 0 Å². The molecule has 0 spiro atoms. The van der Waals surface area contributed by atoms with Crippen molar-refractivity contribution in [3.63, 3.8) is 0 Å². The van der Waals surface area contributed by atoms with Crippen molar-refractivity contribution >= 4 is 22.9 Å². The molecule has 21 heavy (non-hydrogen) atoms. The van der Waals surface area contributed by atoms with Gasteiger partial charge in [0.1, 0.15) is 0 Å². The van der Waals surface area contributed by atoms with E-state index < -0.39 is 0 Å². The molecule has 0 aliphatic heterocycles. The van der Waals surface area contributed by atoms with E-state index in [-0.39, 0.29) is 0 Å². The summed E-state index contributed by atoms with van der Waals surface area (Å²) in [6.45, 7) is 1.71. The van der Waals surface area contributed by atoms with Gasteiger partial charge < -0.3 is 5.32 Å². The normalized spacial score (nSPS) is 10.7. The molecule has 0 saturated heterocycles. The Morgan fingerprint density at radius 2 is 1.71 bits per heavy atom. The Labute approximate surface area is 134 Å².